The second-order valence-electron chi connectivity index (χ2n) is 5.13. The van der Waals surface area contributed by atoms with Crippen LogP contribution >= 0.6 is 11.3 Å². The average molecular weight is 323 g/mol. The number of hydrogen-bond donors (Lipinski definition) is 0. The third-order valence-corrected chi connectivity index (χ3v) is 4.52. The monoisotopic (exact) mass is 323 g/mol. The Labute approximate surface area is 131 Å². The molecule has 0 radical (unpaired) electrons. The van der Waals surface area contributed by atoms with Gasteiger partial charge >= 0.3 is 0 Å². The lowest BCUT2D eigenvalue weighted by atomic mass is 10.1. The maximum absolute atomic E-state index is 13.3. The van der Waals surface area contributed by atoms with E-state index in [9.17, 15) is 13.6 Å². The van der Waals surface area contributed by atoms with Crippen molar-refractivity contribution in [1.29, 1.82) is 0 Å². The number of carbonyl (C=O) groups is 1. The van der Waals surface area contributed by atoms with E-state index in [1.54, 1.807) is 16.2 Å². The molecule has 1 aliphatic heterocycles. The normalized spacial score (nSPS) is 18.5. The molecule has 0 bridgehead atoms. The zero-order chi connectivity index (χ0) is 15.5. The average Bonchev–Trinajstić information content (AvgIpc) is 3.03. The third-order valence-electron chi connectivity index (χ3n) is 3.64. The molecule has 3 rings (SSSR count). The van der Waals surface area contributed by atoms with Crippen molar-refractivity contribution in [3.05, 3.63) is 57.8 Å². The van der Waals surface area contributed by atoms with Gasteiger partial charge in [-0.05, 0) is 29.1 Å². The molecule has 3 nitrogen and oxygen atoms in total. The summed E-state index contributed by atoms with van der Waals surface area (Å²) in [6.45, 7) is 1.26. The van der Waals surface area contributed by atoms with Crippen LogP contribution in [0, 0.1) is 11.6 Å². The quantitative estimate of drug-likeness (QED) is 0.868. The van der Waals surface area contributed by atoms with Gasteiger partial charge < -0.3 is 9.64 Å². The standard InChI is InChI=1S/C16H15F2NO2S/c17-13-4-3-11(8-14(13)18)15-10-19(5-6-21-15)16(20)9-12-2-1-7-22-12/h1-4,7-8,15H,5-6,9-10H2/t15-/m0/s1. The van der Waals surface area contributed by atoms with E-state index in [2.05, 4.69) is 0 Å². The molecular weight excluding hydrogens is 308 g/mol. The molecule has 1 aromatic carbocycles. The van der Waals surface area contributed by atoms with E-state index in [0.717, 1.165) is 17.0 Å². The second kappa shape index (κ2) is 6.54. The van der Waals surface area contributed by atoms with Gasteiger partial charge in [0.1, 0.15) is 6.10 Å². The maximum Gasteiger partial charge on any atom is 0.228 e. The first-order valence-electron chi connectivity index (χ1n) is 7.00. The second-order valence-corrected chi connectivity index (χ2v) is 6.16. The van der Waals surface area contributed by atoms with Gasteiger partial charge in [-0.3, -0.25) is 4.79 Å². The van der Waals surface area contributed by atoms with E-state index in [1.807, 2.05) is 17.5 Å². The smallest absolute Gasteiger partial charge is 0.228 e. The summed E-state index contributed by atoms with van der Waals surface area (Å²) in [5.41, 5.74) is 0.549. The van der Waals surface area contributed by atoms with E-state index in [4.69, 9.17) is 4.74 Å². The predicted octanol–water partition coefficient (Wildman–Crippen LogP) is 3.17. The third kappa shape index (κ3) is 3.34. The number of carbonyl (C=O) groups excluding carboxylic acids is 1. The van der Waals surface area contributed by atoms with Crippen molar-refractivity contribution in [2.75, 3.05) is 19.7 Å². The van der Waals surface area contributed by atoms with Crippen LogP contribution in [0.3, 0.4) is 0 Å². The van der Waals surface area contributed by atoms with Gasteiger partial charge in [0.25, 0.3) is 0 Å². The number of benzene rings is 1. The van der Waals surface area contributed by atoms with Crippen LogP contribution < -0.4 is 0 Å². The van der Waals surface area contributed by atoms with Gasteiger partial charge in [-0.1, -0.05) is 12.1 Å². The zero-order valence-electron chi connectivity index (χ0n) is 11.8. The summed E-state index contributed by atoms with van der Waals surface area (Å²) in [5, 5.41) is 1.94. The molecule has 0 saturated carbocycles. The molecule has 22 heavy (non-hydrogen) atoms. The highest BCUT2D eigenvalue weighted by molar-refractivity contribution is 7.10. The summed E-state index contributed by atoms with van der Waals surface area (Å²) in [6, 6.07) is 7.55. The van der Waals surface area contributed by atoms with Gasteiger partial charge in [-0.2, -0.15) is 0 Å². The van der Waals surface area contributed by atoms with Crippen LogP contribution in [0.1, 0.15) is 16.5 Å². The SMILES string of the molecule is O=C(Cc1cccs1)N1CCO[C@H](c2ccc(F)c(F)c2)C1. The Hall–Kier alpha value is -1.79. The van der Waals surface area contributed by atoms with Crippen LogP contribution in [0.2, 0.25) is 0 Å². The molecule has 1 fully saturated rings. The molecule has 2 aromatic rings. The van der Waals surface area contributed by atoms with Crippen molar-refractivity contribution < 1.29 is 18.3 Å². The van der Waals surface area contributed by atoms with Gasteiger partial charge in [0, 0.05) is 11.4 Å². The van der Waals surface area contributed by atoms with Gasteiger partial charge in [-0.15, -0.1) is 11.3 Å². The first kappa shape index (κ1) is 15.1. The van der Waals surface area contributed by atoms with E-state index >= 15 is 0 Å². The number of rotatable bonds is 3. The molecule has 2 heterocycles. The zero-order valence-corrected chi connectivity index (χ0v) is 12.6. The number of amides is 1. The van der Waals surface area contributed by atoms with E-state index in [0.29, 0.717) is 31.7 Å². The molecule has 1 atom stereocenters. The molecule has 0 unspecified atom stereocenters. The minimum absolute atomic E-state index is 0.0262. The molecule has 1 aliphatic rings. The maximum atomic E-state index is 13.3. The highest BCUT2D eigenvalue weighted by atomic mass is 32.1. The number of thiophene rings is 1. The van der Waals surface area contributed by atoms with E-state index in [-0.39, 0.29) is 5.91 Å². The summed E-state index contributed by atoms with van der Waals surface area (Å²) in [7, 11) is 0. The summed E-state index contributed by atoms with van der Waals surface area (Å²) in [6.07, 6.45) is -0.0570. The topological polar surface area (TPSA) is 29.5 Å². The molecule has 1 saturated heterocycles. The van der Waals surface area contributed by atoms with Crippen molar-refractivity contribution in [2.24, 2.45) is 0 Å². The van der Waals surface area contributed by atoms with Crippen LogP contribution in [-0.2, 0) is 16.0 Å². The lowest BCUT2D eigenvalue weighted by molar-refractivity contribution is -0.138. The predicted molar refractivity (Wildman–Crippen MR) is 79.7 cm³/mol. The first-order chi connectivity index (χ1) is 10.6. The molecule has 116 valence electrons. The molecule has 1 amide bonds. The highest BCUT2D eigenvalue weighted by Crippen LogP contribution is 2.24. The van der Waals surface area contributed by atoms with Crippen molar-refractivity contribution in [3.63, 3.8) is 0 Å². The Morgan fingerprint density at radius 3 is 2.91 bits per heavy atom. The molecule has 0 spiro atoms. The fourth-order valence-corrected chi connectivity index (χ4v) is 3.16. The van der Waals surface area contributed by atoms with Crippen LogP contribution in [-0.4, -0.2) is 30.5 Å². The number of ether oxygens (including phenoxy) is 1. The van der Waals surface area contributed by atoms with Gasteiger partial charge in [0.15, 0.2) is 11.6 Å². The lowest BCUT2D eigenvalue weighted by Gasteiger charge is -2.33. The first-order valence-corrected chi connectivity index (χ1v) is 7.88. The number of halogens is 2. The Morgan fingerprint density at radius 1 is 1.32 bits per heavy atom. The molecular formula is C16H15F2NO2S. The minimum atomic E-state index is -0.900. The summed E-state index contributed by atoms with van der Waals surface area (Å²) >= 11 is 1.55. The minimum Gasteiger partial charge on any atom is -0.370 e. The van der Waals surface area contributed by atoms with Crippen LogP contribution in [0.15, 0.2) is 35.7 Å². The lowest BCUT2D eigenvalue weighted by Crippen LogP contribution is -2.42. The fraction of sp³-hybridized carbons (Fsp3) is 0.312. The van der Waals surface area contributed by atoms with Crippen molar-refractivity contribution in [1.82, 2.24) is 4.90 Å². The molecule has 6 heteroatoms. The van der Waals surface area contributed by atoms with Crippen molar-refractivity contribution >= 4 is 17.2 Å². The Balaban J connectivity index is 1.68. The van der Waals surface area contributed by atoms with E-state index in [1.165, 1.54) is 6.07 Å². The number of morpholine rings is 1. The van der Waals surface area contributed by atoms with Gasteiger partial charge in [0.05, 0.1) is 19.6 Å². The van der Waals surface area contributed by atoms with Gasteiger partial charge in [-0.25, -0.2) is 8.78 Å². The highest BCUT2D eigenvalue weighted by Gasteiger charge is 2.26. The van der Waals surface area contributed by atoms with Crippen molar-refractivity contribution in [2.45, 2.75) is 12.5 Å². The Bertz CT molecular complexity index is 660. The molecule has 0 aliphatic carbocycles. The Kier molecular flexibility index (Phi) is 4.49. The summed E-state index contributed by atoms with van der Waals surface area (Å²) < 4.78 is 31.9. The molecule has 0 N–H and O–H groups in total. The van der Waals surface area contributed by atoms with Gasteiger partial charge in [0.2, 0.25) is 5.91 Å². The summed E-state index contributed by atoms with van der Waals surface area (Å²) in [4.78, 5) is 15.0. The van der Waals surface area contributed by atoms with Crippen LogP contribution in [0.25, 0.3) is 0 Å². The van der Waals surface area contributed by atoms with Crippen molar-refractivity contribution in [3.8, 4) is 0 Å². The molecule has 1 aromatic heterocycles. The number of nitrogens with zero attached hydrogens (tertiary/aromatic N) is 1. The van der Waals surface area contributed by atoms with Crippen LogP contribution in [0.4, 0.5) is 8.78 Å². The fourth-order valence-electron chi connectivity index (χ4n) is 2.46. The van der Waals surface area contributed by atoms with E-state index < -0.39 is 17.7 Å². The number of hydrogen-bond acceptors (Lipinski definition) is 3. The Morgan fingerprint density at radius 2 is 2.18 bits per heavy atom. The van der Waals surface area contributed by atoms with Crippen LogP contribution in [0.5, 0.6) is 0 Å². The summed E-state index contributed by atoms with van der Waals surface area (Å²) in [5.74, 6) is -1.76. The largest absolute Gasteiger partial charge is 0.370 e.